The van der Waals surface area contributed by atoms with Gasteiger partial charge in [-0.1, -0.05) is 38.3 Å². The maximum Gasteiger partial charge on any atom is 0.120 e. The van der Waals surface area contributed by atoms with Crippen LogP contribution in [0, 0.1) is 0 Å². The van der Waals surface area contributed by atoms with E-state index >= 15 is 0 Å². The van der Waals surface area contributed by atoms with E-state index in [1.807, 2.05) is 18.2 Å². The van der Waals surface area contributed by atoms with Gasteiger partial charge in [-0.15, -0.1) is 0 Å². The van der Waals surface area contributed by atoms with E-state index in [0.29, 0.717) is 0 Å². The molecule has 0 saturated carbocycles. The van der Waals surface area contributed by atoms with Gasteiger partial charge in [0.05, 0.1) is 0 Å². The zero-order valence-corrected chi connectivity index (χ0v) is 13.1. The Morgan fingerprint density at radius 3 is 2.74 bits per heavy atom. The molecular weight excluding hydrogens is 258 g/mol. The SMILES string of the molecule is CCCCCNCC(C)Oc1ccc(Cl)c(CC)c1. The first-order valence-electron chi connectivity index (χ1n) is 7.33. The smallest absolute Gasteiger partial charge is 0.120 e. The van der Waals surface area contributed by atoms with Crippen LogP contribution in [0.3, 0.4) is 0 Å². The fourth-order valence-electron chi connectivity index (χ4n) is 1.97. The van der Waals surface area contributed by atoms with Crippen LogP contribution in [0.15, 0.2) is 18.2 Å². The van der Waals surface area contributed by atoms with Crippen LogP contribution in [0.2, 0.25) is 5.02 Å². The van der Waals surface area contributed by atoms with E-state index in [1.54, 1.807) is 0 Å². The van der Waals surface area contributed by atoms with Gasteiger partial charge in [0.2, 0.25) is 0 Å². The summed E-state index contributed by atoms with van der Waals surface area (Å²) in [5.41, 5.74) is 1.14. The van der Waals surface area contributed by atoms with Crippen molar-refractivity contribution in [3.05, 3.63) is 28.8 Å². The van der Waals surface area contributed by atoms with Crippen LogP contribution in [-0.4, -0.2) is 19.2 Å². The minimum Gasteiger partial charge on any atom is -0.489 e. The summed E-state index contributed by atoms with van der Waals surface area (Å²) in [6.07, 6.45) is 4.90. The maximum atomic E-state index is 6.10. The highest BCUT2D eigenvalue weighted by atomic mass is 35.5. The first kappa shape index (κ1) is 16.3. The molecule has 108 valence electrons. The van der Waals surface area contributed by atoms with Crippen LogP contribution in [0.1, 0.15) is 45.6 Å². The van der Waals surface area contributed by atoms with E-state index in [0.717, 1.165) is 35.8 Å². The Labute approximate surface area is 122 Å². The molecule has 1 unspecified atom stereocenters. The van der Waals surface area contributed by atoms with Gasteiger partial charge < -0.3 is 10.1 Å². The summed E-state index contributed by atoms with van der Waals surface area (Å²) in [5, 5.41) is 4.25. The molecular formula is C16H26ClNO. The quantitative estimate of drug-likeness (QED) is 0.676. The second-order valence-electron chi connectivity index (χ2n) is 4.95. The van der Waals surface area contributed by atoms with Crippen molar-refractivity contribution in [3.63, 3.8) is 0 Å². The van der Waals surface area contributed by atoms with Gasteiger partial charge in [-0.3, -0.25) is 0 Å². The van der Waals surface area contributed by atoms with E-state index in [2.05, 4.69) is 26.1 Å². The second kappa shape index (κ2) is 9.22. The summed E-state index contributed by atoms with van der Waals surface area (Å²) in [6, 6.07) is 5.89. The lowest BCUT2D eigenvalue weighted by Gasteiger charge is -2.16. The molecule has 1 N–H and O–H groups in total. The van der Waals surface area contributed by atoms with Crippen LogP contribution in [0.25, 0.3) is 0 Å². The molecule has 0 heterocycles. The minimum atomic E-state index is 0.174. The molecule has 1 atom stereocenters. The Morgan fingerprint density at radius 2 is 2.05 bits per heavy atom. The van der Waals surface area contributed by atoms with E-state index < -0.39 is 0 Å². The average molecular weight is 284 g/mol. The molecule has 0 aliphatic carbocycles. The van der Waals surface area contributed by atoms with E-state index in [1.165, 1.54) is 19.3 Å². The second-order valence-corrected chi connectivity index (χ2v) is 5.35. The fourth-order valence-corrected chi connectivity index (χ4v) is 2.23. The van der Waals surface area contributed by atoms with Crippen LogP contribution >= 0.6 is 11.6 Å². The molecule has 0 radical (unpaired) electrons. The van der Waals surface area contributed by atoms with Crippen LogP contribution in [0.5, 0.6) is 5.75 Å². The molecule has 1 rings (SSSR count). The van der Waals surface area contributed by atoms with Gasteiger partial charge in [-0.05, 0) is 50.1 Å². The highest BCUT2D eigenvalue weighted by Gasteiger charge is 2.06. The lowest BCUT2D eigenvalue weighted by atomic mass is 10.1. The number of hydrogen-bond acceptors (Lipinski definition) is 2. The Hall–Kier alpha value is -0.730. The van der Waals surface area contributed by atoms with Crippen molar-refractivity contribution >= 4 is 11.6 Å². The Kier molecular flexibility index (Phi) is 7.92. The van der Waals surface area contributed by atoms with Crippen molar-refractivity contribution < 1.29 is 4.74 Å². The third-order valence-corrected chi connectivity index (χ3v) is 3.49. The topological polar surface area (TPSA) is 21.3 Å². The molecule has 1 aromatic carbocycles. The summed E-state index contributed by atoms with van der Waals surface area (Å²) in [7, 11) is 0. The van der Waals surface area contributed by atoms with Gasteiger partial charge in [0.15, 0.2) is 0 Å². The third kappa shape index (κ3) is 6.31. The molecule has 0 saturated heterocycles. The largest absolute Gasteiger partial charge is 0.489 e. The van der Waals surface area contributed by atoms with Gasteiger partial charge in [0.25, 0.3) is 0 Å². The molecule has 0 aliphatic heterocycles. The van der Waals surface area contributed by atoms with Crippen molar-refractivity contribution in [2.75, 3.05) is 13.1 Å². The Morgan fingerprint density at radius 1 is 1.26 bits per heavy atom. The number of nitrogens with one attached hydrogen (secondary N) is 1. The summed E-state index contributed by atoms with van der Waals surface area (Å²) in [5.74, 6) is 0.907. The number of ether oxygens (including phenoxy) is 1. The summed E-state index contributed by atoms with van der Waals surface area (Å²) in [6.45, 7) is 8.37. The molecule has 0 aromatic heterocycles. The normalized spacial score (nSPS) is 12.4. The number of rotatable bonds is 9. The molecule has 2 nitrogen and oxygen atoms in total. The van der Waals surface area contributed by atoms with Crippen molar-refractivity contribution in [2.24, 2.45) is 0 Å². The highest BCUT2D eigenvalue weighted by Crippen LogP contribution is 2.23. The lowest BCUT2D eigenvalue weighted by molar-refractivity contribution is 0.217. The van der Waals surface area contributed by atoms with E-state index in [-0.39, 0.29) is 6.10 Å². The zero-order valence-electron chi connectivity index (χ0n) is 12.3. The molecule has 19 heavy (non-hydrogen) atoms. The van der Waals surface area contributed by atoms with Crippen LogP contribution in [0.4, 0.5) is 0 Å². The zero-order chi connectivity index (χ0) is 14.1. The number of hydrogen-bond donors (Lipinski definition) is 1. The predicted molar refractivity (Wildman–Crippen MR) is 83.3 cm³/mol. The Balaban J connectivity index is 2.33. The van der Waals surface area contributed by atoms with E-state index in [9.17, 15) is 0 Å². The highest BCUT2D eigenvalue weighted by molar-refractivity contribution is 6.31. The van der Waals surface area contributed by atoms with Crippen molar-refractivity contribution in [1.29, 1.82) is 0 Å². The average Bonchev–Trinajstić information content (AvgIpc) is 2.40. The van der Waals surface area contributed by atoms with Gasteiger partial charge in [-0.25, -0.2) is 0 Å². The number of halogens is 1. The minimum absolute atomic E-state index is 0.174. The van der Waals surface area contributed by atoms with Crippen molar-refractivity contribution in [1.82, 2.24) is 5.32 Å². The lowest BCUT2D eigenvalue weighted by Crippen LogP contribution is -2.29. The molecule has 0 fully saturated rings. The van der Waals surface area contributed by atoms with Crippen molar-refractivity contribution in [2.45, 2.75) is 52.6 Å². The standard InChI is InChI=1S/C16H26ClNO/c1-4-6-7-10-18-12-13(3)19-15-8-9-16(17)14(5-2)11-15/h8-9,11,13,18H,4-7,10,12H2,1-3H3. The van der Waals surface area contributed by atoms with E-state index in [4.69, 9.17) is 16.3 Å². The number of aryl methyl sites for hydroxylation is 1. The Bertz CT molecular complexity index is 368. The molecule has 0 aliphatic rings. The van der Waals surface area contributed by atoms with Gasteiger partial charge >= 0.3 is 0 Å². The molecule has 3 heteroatoms. The molecule has 1 aromatic rings. The third-order valence-electron chi connectivity index (χ3n) is 3.12. The molecule has 0 bridgehead atoms. The number of unbranched alkanes of at least 4 members (excludes halogenated alkanes) is 2. The van der Waals surface area contributed by atoms with Gasteiger partial charge in [0, 0.05) is 11.6 Å². The summed E-state index contributed by atoms with van der Waals surface area (Å²) >= 11 is 6.10. The first-order chi connectivity index (χ1) is 9.17. The predicted octanol–water partition coefficient (Wildman–Crippen LogP) is 4.45. The number of benzene rings is 1. The van der Waals surface area contributed by atoms with Crippen LogP contribution < -0.4 is 10.1 Å². The fraction of sp³-hybridized carbons (Fsp3) is 0.625. The molecule has 0 spiro atoms. The van der Waals surface area contributed by atoms with Crippen LogP contribution in [-0.2, 0) is 6.42 Å². The van der Waals surface area contributed by atoms with Gasteiger partial charge in [-0.2, -0.15) is 0 Å². The maximum absolute atomic E-state index is 6.10. The van der Waals surface area contributed by atoms with Gasteiger partial charge in [0.1, 0.15) is 11.9 Å². The summed E-state index contributed by atoms with van der Waals surface area (Å²) < 4.78 is 5.90. The first-order valence-corrected chi connectivity index (χ1v) is 7.71. The monoisotopic (exact) mass is 283 g/mol. The molecule has 0 amide bonds. The van der Waals surface area contributed by atoms with Crippen molar-refractivity contribution in [3.8, 4) is 5.75 Å². The summed E-state index contributed by atoms with van der Waals surface area (Å²) in [4.78, 5) is 0.